The number of hydrogen-bond acceptors (Lipinski definition) is 8. The summed E-state index contributed by atoms with van der Waals surface area (Å²) in [5.41, 5.74) is 5.69. The largest absolute Gasteiger partial charge is 0.507 e. The first-order valence-electron chi connectivity index (χ1n) is 13.2. The van der Waals surface area contributed by atoms with Crippen molar-refractivity contribution in [3.05, 3.63) is 59.4 Å². The van der Waals surface area contributed by atoms with Crippen LogP contribution in [0.3, 0.4) is 0 Å². The molecule has 0 aromatic heterocycles. The topological polar surface area (TPSA) is 157 Å². The Morgan fingerprint density at radius 3 is 2.30 bits per heavy atom. The molecule has 0 unspecified atom stereocenters. The fraction of sp³-hybridized carbons (Fsp3) is 0.345. The van der Waals surface area contributed by atoms with Crippen LogP contribution < -0.4 is 20.1 Å². The molecule has 6 amide bonds. The molecule has 14 heteroatoms. The Balaban J connectivity index is 1.61. The van der Waals surface area contributed by atoms with Gasteiger partial charge in [0.05, 0.1) is 31.7 Å². The molecule has 2 aliphatic carbocycles. The van der Waals surface area contributed by atoms with E-state index in [2.05, 4.69) is 0 Å². The lowest BCUT2D eigenvalue weighted by molar-refractivity contribution is -0.136. The summed E-state index contributed by atoms with van der Waals surface area (Å²) >= 11 is 14.5. The van der Waals surface area contributed by atoms with Crippen LogP contribution in [-0.4, -0.2) is 63.6 Å². The van der Waals surface area contributed by atoms with Gasteiger partial charge in [0.1, 0.15) is 23.1 Å². The third-order valence-corrected chi connectivity index (χ3v) is 10.4. The molecule has 2 aromatic carbocycles. The summed E-state index contributed by atoms with van der Waals surface area (Å²) in [6.07, 6.45) is 1.22. The molecule has 1 saturated carbocycles. The van der Waals surface area contributed by atoms with E-state index < -0.39 is 74.6 Å². The van der Waals surface area contributed by atoms with Crippen molar-refractivity contribution in [2.75, 3.05) is 19.1 Å². The van der Waals surface area contributed by atoms with Gasteiger partial charge >= 0.3 is 6.03 Å². The quantitative estimate of drug-likeness (QED) is 0.296. The number of halogens is 3. The molecule has 6 rings (SSSR count). The summed E-state index contributed by atoms with van der Waals surface area (Å²) in [5, 5.41) is 11.3. The first-order chi connectivity index (χ1) is 20.3. The van der Waals surface area contributed by atoms with E-state index in [1.807, 2.05) is 0 Å². The number of urea groups is 1. The third-order valence-electron chi connectivity index (χ3n) is 8.95. The molecule has 0 bridgehead atoms. The number of ether oxygens (including phenoxy) is 2. The van der Waals surface area contributed by atoms with E-state index in [1.165, 1.54) is 38.5 Å². The highest BCUT2D eigenvalue weighted by Crippen LogP contribution is 2.67. The van der Waals surface area contributed by atoms with E-state index in [-0.39, 0.29) is 35.6 Å². The van der Waals surface area contributed by atoms with Crippen LogP contribution in [0.15, 0.2) is 48.0 Å². The molecular weight excluding hydrogens is 608 g/mol. The molecular formula is C29H24Cl2FN3O8. The number of alkyl halides is 2. The maximum atomic E-state index is 14.4. The number of allylic oxidation sites excluding steroid dienone is 2. The number of carbonyl (C=O) groups excluding carboxylic acids is 5. The number of imide groups is 4. The van der Waals surface area contributed by atoms with Gasteiger partial charge < -0.3 is 20.3 Å². The first-order valence-corrected chi connectivity index (χ1v) is 13.9. The van der Waals surface area contributed by atoms with Gasteiger partial charge in [-0.25, -0.2) is 14.1 Å². The van der Waals surface area contributed by atoms with Crippen molar-refractivity contribution in [3.8, 4) is 17.2 Å². The number of nitrogens with zero attached hydrogens (tertiary/aromatic N) is 2. The maximum absolute atomic E-state index is 14.4. The van der Waals surface area contributed by atoms with Crippen molar-refractivity contribution < 1.29 is 42.9 Å². The van der Waals surface area contributed by atoms with Crippen molar-refractivity contribution in [3.63, 3.8) is 0 Å². The standard InChI is InChI=1S/C29H24Cl2FN3O8/c1-42-14-9-18(36)21(19(10-14)43-2)22-15-7-8-16-20(24(38)35(23(16)37)27(33)41)17(15)11-28(30)25(39)34(26(40)29(22,28)31)13-5-3-12(32)4-6-13/h3-7,9-10,16-17,20,22,36H,8,11H2,1-2H3,(H2,33,41)/t16-,17+,20-,22+,28+,29-/m0/s1. The van der Waals surface area contributed by atoms with Crippen LogP contribution in [-0.2, 0) is 19.2 Å². The molecule has 2 aliphatic heterocycles. The summed E-state index contributed by atoms with van der Waals surface area (Å²) in [5.74, 6) is -8.81. The lowest BCUT2D eigenvalue weighted by Gasteiger charge is -2.50. The number of hydrogen-bond donors (Lipinski definition) is 2. The van der Waals surface area contributed by atoms with Crippen molar-refractivity contribution in [1.29, 1.82) is 0 Å². The van der Waals surface area contributed by atoms with E-state index in [1.54, 1.807) is 6.08 Å². The molecule has 4 aliphatic rings. The zero-order chi connectivity index (χ0) is 31.2. The van der Waals surface area contributed by atoms with E-state index in [0.717, 1.165) is 17.0 Å². The molecule has 11 nitrogen and oxygen atoms in total. The number of primary amides is 1. The first kappa shape index (κ1) is 28.9. The SMILES string of the molecule is COc1cc(O)c([C@H]2C3=CC[C@@H]4C(=O)N(C(N)=O)C(=O)[C@@H]4[C@@H]3C[C@@]3(Cl)C(=O)N(c4ccc(F)cc4)C(=O)[C@@]23Cl)c(OC)c1. The molecule has 2 heterocycles. The minimum Gasteiger partial charge on any atom is -0.507 e. The van der Waals surface area contributed by atoms with Gasteiger partial charge in [0.25, 0.3) is 11.8 Å². The van der Waals surface area contributed by atoms with Gasteiger partial charge in [-0.15, -0.1) is 23.2 Å². The summed E-state index contributed by atoms with van der Waals surface area (Å²) in [7, 11) is 2.68. The number of aromatic hydroxyl groups is 1. The van der Waals surface area contributed by atoms with Gasteiger partial charge in [0, 0.05) is 23.6 Å². The molecule has 43 heavy (non-hydrogen) atoms. The third kappa shape index (κ3) is 3.69. The van der Waals surface area contributed by atoms with Crippen LogP contribution in [0.1, 0.15) is 24.3 Å². The second-order valence-corrected chi connectivity index (χ2v) is 12.1. The van der Waals surface area contributed by atoms with E-state index >= 15 is 0 Å². The van der Waals surface area contributed by atoms with Gasteiger partial charge in [-0.2, -0.15) is 4.90 Å². The average Bonchev–Trinajstić information content (AvgIpc) is 3.31. The smallest absolute Gasteiger partial charge is 0.328 e. The molecule has 0 radical (unpaired) electrons. The second kappa shape index (κ2) is 9.68. The van der Waals surface area contributed by atoms with Crippen LogP contribution in [0, 0.1) is 23.6 Å². The Morgan fingerprint density at radius 1 is 1.02 bits per heavy atom. The highest BCUT2D eigenvalue weighted by Gasteiger charge is 2.77. The molecule has 2 saturated heterocycles. The number of carbonyl (C=O) groups is 5. The molecule has 3 N–H and O–H groups in total. The molecule has 2 aromatic rings. The Kier molecular flexibility index (Phi) is 6.51. The number of fused-ring (bicyclic) bond motifs is 4. The monoisotopic (exact) mass is 631 g/mol. The predicted octanol–water partition coefficient (Wildman–Crippen LogP) is 3.19. The Bertz CT molecular complexity index is 1670. The Hall–Kier alpha value is -4.16. The van der Waals surface area contributed by atoms with Crippen LogP contribution >= 0.6 is 23.2 Å². The molecule has 0 spiro atoms. The zero-order valence-corrected chi connectivity index (χ0v) is 24.2. The van der Waals surface area contributed by atoms with Gasteiger partial charge in [-0.1, -0.05) is 11.6 Å². The summed E-state index contributed by atoms with van der Waals surface area (Å²) in [4.78, 5) is 63.8. The summed E-state index contributed by atoms with van der Waals surface area (Å²) < 4.78 is 24.6. The Morgan fingerprint density at radius 2 is 1.70 bits per heavy atom. The highest BCUT2D eigenvalue weighted by molar-refractivity contribution is 6.58. The van der Waals surface area contributed by atoms with Crippen molar-refractivity contribution in [2.24, 2.45) is 23.5 Å². The zero-order valence-electron chi connectivity index (χ0n) is 22.7. The van der Waals surface area contributed by atoms with E-state index in [4.69, 9.17) is 38.4 Å². The number of benzene rings is 2. The fourth-order valence-corrected chi connectivity index (χ4v) is 8.02. The van der Waals surface area contributed by atoms with Crippen LogP contribution in [0.2, 0.25) is 0 Å². The molecule has 3 fully saturated rings. The van der Waals surface area contributed by atoms with Crippen molar-refractivity contribution in [2.45, 2.75) is 28.5 Å². The number of rotatable bonds is 4. The van der Waals surface area contributed by atoms with Crippen molar-refractivity contribution in [1.82, 2.24) is 4.90 Å². The second-order valence-electron chi connectivity index (χ2n) is 10.9. The minimum absolute atomic E-state index is 0.00244. The number of nitrogens with two attached hydrogens (primary N) is 1. The average molecular weight is 632 g/mol. The number of phenols is 1. The molecule has 224 valence electrons. The summed E-state index contributed by atoms with van der Waals surface area (Å²) in [6.45, 7) is 0. The number of likely N-dealkylation sites (tertiary alicyclic amines) is 1. The maximum Gasteiger partial charge on any atom is 0.328 e. The van der Waals surface area contributed by atoms with Gasteiger partial charge in [-0.3, -0.25) is 19.2 Å². The fourth-order valence-electron chi connectivity index (χ4n) is 7.10. The van der Waals surface area contributed by atoms with Gasteiger partial charge in [0.15, 0.2) is 9.75 Å². The lowest BCUT2D eigenvalue weighted by atomic mass is 9.56. The van der Waals surface area contributed by atoms with E-state index in [0.29, 0.717) is 10.5 Å². The number of phenolic OH excluding ortho intramolecular Hbond substituents is 1. The highest BCUT2D eigenvalue weighted by atomic mass is 35.5. The predicted molar refractivity (Wildman–Crippen MR) is 149 cm³/mol. The lowest BCUT2D eigenvalue weighted by Crippen LogP contribution is -2.60. The molecule has 6 atom stereocenters. The van der Waals surface area contributed by atoms with Gasteiger partial charge in [-0.05, 0) is 43.0 Å². The minimum atomic E-state index is -2.30. The number of methoxy groups -OCH3 is 2. The number of anilines is 1. The van der Waals surface area contributed by atoms with Crippen molar-refractivity contribution >= 4 is 58.5 Å². The van der Waals surface area contributed by atoms with Crippen LogP contribution in [0.5, 0.6) is 17.2 Å². The van der Waals surface area contributed by atoms with Crippen LogP contribution in [0.4, 0.5) is 14.9 Å². The number of amides is 6. The van der Waals surface area contributed by atoms with E-state index in [9.17, 15) is 33.5 Å². The normalized spacial score (nSPS) is 31.4. The Labute approximate surface area is 253 Å². The summed E-state index contributed by atoms with van der Waals surface area (Å²) in [6, 6.07) is 6.02. The van der Waals surface area contributed by atoms with Gasteiger partial charge in [0.2, 0.25) is 11.8 Å². The van der Waals surface area contributed by atoms with Crippen LogP contribution in [0.25, 0.3) is 0 Å².